The van der Waals surface area contributed by atoms with Crippen LogP contribution in [0.2, 0.25) is 0 Å². The number of halogens is 1. The monoisotopic (exact) mass is 388 g/mol. The minimum Gasteiger partial charge on any atom is -0.383 e. The maximum atomic E-state index is 12.5. The van der Waals surface area contributed by atoms with Crippen molar-refractivity contribution >= 4 is 21.8 Å². The molecule has 0 atom stereocenters. The highest BCUT2D eigenvalue weighted by Gasteiger charge is 2.20. The second-order valence-corrected chi connectivity index (χ2v) is 5.94. The molecule has 1 aromatic carbocycles. The molecule has 0 fully saturated rings. The molecule has 2 heterocycles. The van der Waals surface area contributed by atoms with Gasteiger partial charge in [-0.25, -0.2) is 4.68 Å². The van der Waals surface area contributed by atoms with E-state index >= 15 is 0 Å². The molecule has 3 rings (SSSR count). The predicted molar refractivity (Wildman–Crippen MR) is 94.8 cm³/mol. The van der Waals surface area contributed by atoms with Gasteiger partial charge in [0.15, 0.2) is 5.82 Å². The summed E-state index contributed by atoms with van der Waals surface area (Å²) in [4.78, 5) is 12.5. The van der Waals surface area contributed by atoms with Crippen molar-refractivity contribution in [3.8, 4) is 11.5 Å². The lowest BCUT2D eigenvalue weighted by Crippen LogP contribution is -2.27. The van der Waals surface area contributed by atoms with Crippen LogP contribution in [0, 0.1) is 0 Å². The smallest absolute Gasteiger partial charge is 0.256 e. The van der Waals surface area contributed by atoms with Crippen LogP contribution in [-0.2, 0) is 4.74 Å². The van der Waals surface area contributed by atoms with E-state index in [9.17, 15) is 4.79 Å². The summed E-state index contributed by atoms with van der Waals surface area (Å²) in [5.74, 6) is 0.496. The quantitative estimate of drug-likeness (QED) is 0.660. The number of nitrogens with one attached hydrogen (secondary N) is 1. The van der Waals surface area contributed by atoms with Gasteiger partial charge in [-0.3, -0.25) is 4.79 Å². The molecule has 0 aliphatic heterocycles. The van der Waals surface area contributed by atoms with E-state index in [4.69, 9.17) is 4.74 Å². The fraction of sp³-hybridized carbons (Fsp3) is 0.176. The minimum atomic E-state index is -0.186. The Morgan fingerprint density at radius 3 is 2.71 bits per heavy atom. The number of amides is 1. The van der Waals surface area contributed by atoms with Crippen LogP contribution < -0.4 is 5.32 Å². The lowest BCUT2D eigenvalue weighted by atomic mass is 10.2. The highest BCUT2D eigenvalue weighted by atomic mass is 79.9. The van der Waals surface area contributed by atoms with E-state index in [1.165, 1.54) is 0 Å². The first-order valence-corrected chi connectivity index (χ1v) is 8.25. The summed E-state index contributed by atoms with van der Waals surface area (Å²) in [7, 11) is 1.60. The Morgan fingerprint density at radius 2 is 2.00 bits per heavy atom. The first-order valence-electron chi connectivity index (χ1n) is 7.46. The predicted octanol–water partition coefficient (Wildman–Crippen LogP) is 2.80. The van der Waals surface area contributed by atoms with Crippen LogP contribution in [0.15, 0.2) is 59.5 Å². The highest BCUT2D eigenvalue weighted by Crippen LogP contribution is 2.25. The van der Waals surface area contributed by atoms with Gasteiger partial charge in [-0.2, -0.15) is 5.10 Å². The number of hydrogen-bond donors (Lipinski definition) is 1. The molecule has 0 unspecified atom stereocenters. The van der Waals surface area contributed by atoms with Crippen molar-refractivity contribution in [2.24, 2.45) is 0 Å². The largest absolute Gasteiger partial charge is 0.383 e. The summed E-state index contributed by atoms with van der Waals surface area (Å²) in [6.07, 6.45) is 5.35. The Kier molecular flexibility index (Phi) is 5.12. The molecular weight excluding hydrogens is 372 g/mol. The third kappa shape index (κ3) is 3.27. The summed E-state index contributed by atoms with van der Waals surface area (Å²) >= 11 is 3.54. The van der Waals surface area contributed by atoms with Gasteiger partial charge in [-0.15, -0.1) is 0 Å². The number of hydrogen-bond acceptors (Lipinski definition) is 3. The second-order valence-electron chi connectivity index (χ2n) is 5.08. The Hall–Kier alpha value is -2.38. The van der Waals surface area contributed by atoms with E-state index in [1.807, 2.05) is 53.4 Å². The fourth-order valence-electron chi connectivity index (χ4n) is 2.39. The van der Waals surface area contributed by atoms with E-state index in [0.29, 0.717) is 24.5 Å². The van der Waals surface area contributed by atoms with Crippen molar-refractivity contribution in [3.63, 3.8) is 0 Å². The van der Waals surface area contributed by atoms with Gasteiger partial charge in [0.25, 0.3) is 5.91 Å². The van der Waals surface area contributed by atoms with Crippen LogP contribution >= 0.6 is 15.9 Å². The van der Waals surface area contributed by atoms with E-state index in [1.54, 1.807) is 18.0 Å². The zero-order chi connectivity index (χ0) is 16.9. The van der Waals surface area contributed by atoms with Crippen LogP contribution in [0.25, 0.3) is 11.5 Å². The molecule has 0 radical (unpaired) electrons. The maximum Gasteiger partial charge on any atom is 0.256 e. The molecule has 6 nitrogen and oxygen atoms in total. The van der Waals surface area contributed by atoms with Crippen LogP contribution in [0.5, 0.6) is 0 Å². The second kappa shape index (κ2) is 7.46. The van der Waals surface area contributed by atoms with Gasteiger partial charge in [0, 0.05) is 30.5 Å². The Labute approximate surface area is 148 Å². The molecule has 2 aromatic heterocycles. The summed E-state index contributed by atoms with van der Waals surface area (Å²) in [6, 6.07) is 11.6. The Balaban J connectivity index is 2.05. The van der Waals surface area contributed by atoms with Crippen molar-refractivity contribution < 1.29 is 9.53 Å². The standard InChI is InChI=1S/C17H17BrN4O2/c1-24-11-8-19-16(23)13-12-20-22(15-7-3-2-6-14(15)18)17(13)21-9-4-5-10-21/h2-7,9-10,12H,8,11H2,1H3,(H,19,23). The van der Waals surface area contributed by atoms with E-state index in [-0.39, 0.29) is 5.91 Å². The number of ether oxygens (including phenoxy) is 1. The molecule has 1 N–H and O–H groups in total. The van der Waals surface area contributed by atoms with Crippen molar-refractivity contribution in [1.82, 2.24) is 19.7 Å². The Morgan fingerprint density at radius 1 is 1.25 bits per heavy atom. The van der Waals surface area contributed by atoms with Gasteiger partial charge in [-0.05, 0) is 40.2 Å². The van der Waals surface area contributed by atoms with Gasteiger partial charge in [0.2, 0.25) is 0 Å². The average molecular weight is 389 g/mol. The zero-order valence-corrected chi connectivity index (χ0v) is 14.7. The van der Waals surface area contributed by atoms with Gasteiger partial charge in [-0.1, -0.05) is 12.1 Å². The Bertz CT molecular complexity index is 827. The van der Waals surface area contributed by atoms with E-state index in [0.717, 1.165) is 10.2 Å². The molecule has 0 saturated heterocycles. The van der Waals surface area contributed by atoms with E-state index in [2.05, 4.69) is 26.3 Å². The van der Waals surface area contributed by atoms with Crippen molar-refractivity contribution in [2.45, 2.75) is 0 Å². The van der Waals surface area contributed by atoms with Crippen molar-refractivity contribution in [1.29, 1.82) is 0 Å². The summed E-state index contributed by atoms with van der Waals surface area (Å²) < 4.78 is 9.49. The number of nitrogens with zero attached hydrogens (tertiary/aromatic N) is 3. The van der Waals surface area contributed by atoms with Crippen molar-refractivity contribution in [3.05, 3.63) is 65.0 Å². The topological polar surface area (TPSA) is 61.1 Å². The van der Waals surface area contributed by atoms with Gasteiger partial charge < -0.3 is 14.6 Å². The van der Waals surface area contributed by atoms with Gasteiger partial charge in [0.05, 0.1) is 18.5 Å². The number of para-hydroxylation sites is 1. The van der Waals surface area contributed by atoms with Crippen molar-refractivity contribution in [2.75, 3.05) is 20.3 Å². The molecule has 124 valence electrons. The SMILES string of the molecule is COCCNC(=O)c1cnn(-c2ccccc2Br)c1-n1cccc1. The third-order valence-electron chi connectivity index (χ3n) is 3.51. The zero-order valence-electron chi connectivity index (χ0n) is 13.1. The van der Waals surface area contributed by atoms with Crippen LogP contribution in [0.4, 0.5) is 0 Å². The first-order chi connectivity index (χ1) is 11.7. The van der Waals surface area contributed by atoms with Gasteiger partial charge in [0.1, 0.15) is 5.56 Å². The summed E-state index contributed by atoms with van der Waals surface area (Å²) in [6.45, 7) is 0.906. The number of rotatable bonds is 6. The molecule has 7 heteroatoms. The number of carbonyl (C=O) groups excluding carboxylic acids is 1. The molecule has 0 aliphatic rings. The summed E-state index contributed by atoms with van der Waals surface area (Å²) in [5.41, 5.74) is 1.36. The molecule has 0 aliphatic carbocycles. The molecule has 3 aromatic rings. The van der Waals surface area contributed by atoms with Crippen LogP contribution in [0.3, 0.4) is 0 Å². The number of methoxy groups -OCH3 is 1. The lowest BCUT2D eigenvalue weighted by Gasteiger charge is -2.12. The maximum absolute atomic E-state index is 12.5. The van der Waals surface area contributed by atoms with Crippen LogP contribution in [-0.4, -0.2) is 40.5 Å². The first kappa shape index (κ1) is 16.5. The molecule has 24 heavy (non-hydrogen) atoms. The molecule has 0 bridgehead atoms. The number of benzene rings is 1. The van der Waals surface area contributed by atoms with Crippen LogP contribution in [0.1, 0.15) is 10.4 Å². The summed E-state index contributed by atoms with van der Waals surface area (Å²) in [5, 5.41) is 7.27. The minimum absolute atomic E-state index is 0.186. The number of carbonyl (C=O) groups is 1. The molecule has 0 saturated carbocycles. The molecule has 1 amide bonds. The normalized spacial score (nSPS) is 10.8. The molecule has 0 spiro atoms. The number of aromatic nitrogens is 3. The van der Waals surface area contributed by atoms with Gasteiger partial charge >= 0.3 is 0 Å². The third-order valence-corrected chi connectivity index (χ3v) is 4.18. The fourth-order valence-corrected chi connectivity index (χ4v) is 2.84. The average Bonchev–Trinajstić information content (AvgIpc) is 3.24. The highest BCUT2D eigenvalue weighted by molar-refractivity contribution is 9.10. The molecular formula is C17H17BrN4O2. The lowest BCUT2D eigenvalue weighted by molar-refractivity contribution is 0.0937. The van der Waals surface area contributed by atoms with E-state index < -0.39 is 0 Å².